The minimum Gasteiger partial charge on any atom is -0.456 e. The van der Waals surface area contributed by atoms with Gasteiger partial charge in [0.1, 0.15) is 17.2 Å². The van der Waals surface area contributed by atoms with E-state index in [2.05, 4.69) is 95.1 Å². The summed E-state index contributed by atoms with van der Waals surface area (Å²) >= 11 is 0. The molecule has 0 saturated carbocycles. The smallest absolute Gasteiger partial charge is 0.141 e. The highest BCUT2D eigenvalue weighted by molar-refractivity contribution is 5.93. The maximum atomic E-state index is 6.85. The molecule has 0 fully saturated rings. The molecule has 2 aliphatic carbocycles. The van der Waals surface area contributed by atoms with E-state index in [1.807, 2.05) is 54.6 Å². The monoisotopic (exact) mass is 565 g/mol. The lowest BCUT2D eigenvalue weighted by molar-refractivity contribution is 0.433. The van der Waals surface area contributed by atoms with Crippen molar-refractivity contribution in [2.45, 2.75) is 18.3 Å². The second-order valence-electron chi connectivity index (χ2n) is 11.5. The number of allylic oxidation sites excluding steroid dienone is 4. The third-order valence-corrected chi connectivity index (χ3v) is 9.19. The van der Waals surface area contributed by atoms with Crippen molar-refractivity contribution in [1.29, 1.82) is 0 Å². The van der Waals surface area contributed by atoms with Crippen LogP contribution in [-0.2, 0) is 5.41 Å². The minimum absolute atomic E-state index is 0.423. The molecule has 1 unspecified atom stereocenters. The molecule has 0 bridgehead atoms. The predicted octanol–water partition coefficient (Wildman–Crippen LogP) is 9.43. The lowest BCUT2D eigenvalue weighted by Crippen LogP contribution is -2.33. The van der Waals surface area contributed by atoms with Gasteiger partial charge < -0.3 is 4.74 Å². The Morgan fingerprint density at radius 2 is 1.25 bits per heavy atom. The Morgan fingerprint density at radius 3 is 2.14 bits per heavy atom. The van der Waals surface area contributed by atoms with Crippen LogP contribution >= 0.6 is 0 Å². The number of hydrogen-bond donors (Lipinski definition) is 0. The SMILES string of the molecule is C1=CC2=C(CC1)C1(c3ccccc3Oc3c(-c4cccc(-c5ccc(-c6ccccc6)nn5)n4)cccc31)c1ccccc12. The third-order valence-electron chi connectivity index (χ3n) is 9.19. The van der Waals surface area contributed by atoms with Gasteiger partial charge in [-0.3, -0.25) is 0 Å². The van der Waals surface area contributed by atoms with Crippen molar-refractivity contribution < 1.29 is 4.74 Å². The van der Waals surface area contributed by atoms with Gasteiger partial charge in [-0.15, -0.1) is 10.2 Å². The first kappa shape index (κ1) is 24.9. The highest BCUT2D eigenvalue weighted by Crippen LogP contribution is 2.63. The molecular formula is C40H27N3O. The number of hydrogen-bond acceptors (Lipinski definition) is 4. The van der Waals surface area contributed by atoms with Gasteiger partial charge in [-0.25, -0.2) is 4.98 Å². The van der Waals surface area contributed by atoms with Crippen molar-refractivity contribution in [3.05, 3.63) is 167 Å². The summed E-state index contributed by atoms with van der Waals surface area (Å²) in [7, 11) is 0. The van der Waals surface area contributed by atoms with Gasteiger partial charge in [-0.05, 0) is 71.5 Å². The topological polar surface area (TPSA) is 47.9 Å². The molecule has 9 rings (SSSR count). The van der Waals surface area contributed by atoms with Gasteiger partial charge in [0.2, 0.25) is 0 Å². The average molecular weight is 566 g/mol. The number of rotatable bonds is 3. The highest BCUT2D eigenvalue weighted by Gasteiger charge is 2.52. The Morgan fingerprint density at radius 1 is 0.545 bits per heavy atom. The van der Waals surface area contributed by atoms with Gasteiger partial charge in [0.05, 0.1) is 22.5 Å². The molecule has 6 aromatic rings. The van der Waals surface area contributed by atoms with Crippen LogP contribution in [0.2, 0.25) is 0 Å². The summed E-state index contributed by atoms with van der Waals surface area (Å²) < 4.78 is 6.85. The lowest BCUT2D eigenvalue weighted by atomic mass is 9.63. The molecule has 44 heavy (non-hydrogen) atoms. The fourth-order valence-corrected chi connectivity index (χ4v) is 7.35. The van der Waals surface area contributed by atoms with E-state index in [0.29, 0.717) is 0 Å². The minimum atomic E-state index is -0.423. The van der Waals surface area contributed by atoms with Crippen molar-refractivity contribution in [1.82, 2.24) is 15.2 Å². The fourth-order valence-electron chi connectivity index (χ4n) is 7.35. The molecule has 208 valence electrons. The lowest BCUT2D eigenvalue weighted by Gasteiger charge is -2.41. The van der Waals surface area contributed by atoms with Gasteiger partial charge in [0.15, 0.2) is 0 Å². The van der Waals surface area contributed by atoms with E-state index < -0.39 is 5.41 Å². The summed E-state index contributed by atoms with van der Waals surface area (Å²) in [4.78, 5) is 5.11. The Balaban J connectivity index is 1.22. The van der Waals surface area contributed by atoms with Crippen LogP contribution in [0.15, 0.2) is 145 Å². The molecule has 0 N–H and O–H groups in total. The third kappa shape index (κ3) is 3.54. The molecule has 1 spiro atoms. The predicted molar refractivity (Wildman–Crippen MR) is 174 cm³/mol. The first-order chi connectivity index (χ1) is 21.8. The number of aromatic nitrogens is 3. The summed E-state index contributed by atoms with van der Waals surface area (Å²) in [5, 5.41) is 9.05. The Labute approximate surface area is 256 Å². The standard InChI is InChI=1S/C40H27N3O/c1-2-12-26(13-3-1)34-24-25-37(43-42-34)36-22-11-21-35(41-36)29-16-10-20-33-39(29)44-38-23-9-8-19-32(38)40(33)30-17-6-4-14-27(30)28-15-5-7-18-31(28)40/h1-6,8-17,19-25H,7,18H2. The first-order valence-electron chi connectivity index (χ1n) is 15.1. The molecule has 0 amide bonds. The normalized spacial score (nSPS) is 17.5. The molecule has 1 aliphatic heterocycles. The van der Waals surface area contributed by atoms with E-state index in [0.717, 1.165) is 58.2 Å². The summed E-state index contributed by atoms with van der Waals surface area (Å²) in [5.74, 6) is 1.75. The van der Waals surface area contributed by atoms with E-state index in [4.69, 9.17) is 9.72 Å². The maximum Gasteiger partial charge on any atom is 0.141 e. The van der Waals surface area contributed by atoms with Crippen LogP contribution in [0.4, 0.5) is 0 Å². The maximum absolute atomic E-state index is 6.85. The largest absolute Gasteiger partial charge is 0.456 e. The zero-order valence-corrected chi connectivity index (χ0v) is 23.9. The Kier molecular flexibility index (Phi) is 5.51. The van der Waals surface area contributed by atoms with Gasteiger partial charge in [-0.2, -0.15) is 0 Å². The van der Waals surface area contributed by atoms with E-state index in [9.17, 15) is 0 Å². The molecule has 4 heteroatoms. The van der Waals surface area contributed by atoms with E-state index in [-0.39, 0.29) is 0 Å². The summed E-state index contributed by atoms with van der Waals surface area (Å²) in [5.41, 5.74) is 12.5. The summed E-state index contributed by atoms with van der Waals surface area (Å²) in [6.07, 6.45) is 6.66. The van der Waals surface area contributed by atoms with Crippen LogP contribution in [0.5, 0.6) is 11.5 Å². The van der Waals surface area contributed by atoms with Gasteiger partial charge >= 0.3 is 0 Å². The van der Waals surface area contributed by atoms with E-state index >= 15 is 0 Å². The van der Waals surface area contributed by atoms with Gasteiger partial charge in [0, 0.05) is 22.3 Å². The van der Waals surface area contributed by atoms with Crippen molar-refractivity contribution in [2.75, 3.05) is 0 Å². The van der Waals surface area contributed by atoms with Gasteiger partial charge in [-0.1, -0.05) is 103 Å². The molecule has 3 heterocycles. The zero-order valence-electron chi connectivity index (χ0n) is 23.9. The molecular weight excluding hydrogens is 538 g/mol. The molecule has 1 atom stereocenters. The second-order valence-corrected chi connectivity index (χ2v) is 11.5. The number of ether oxygens (including phenoxy) is 1. The van der Waals surface area contributed by atoms with Crippen molar-refractivity contribution in [3.8, 4) is 45.4 Å². The van der Waals surface area contributed by atoms with Crippen LogP contribution in [-0.4, -0.2) is 15.2 Å². The molecule has 3 aliphatic rings. The van der Waals surface area contributed by atoms with Crippen molar-refractivity contribution in [2.24, 2.45) is 0 Å². The van der Waals surface area contributed by atoms with Crippen LogP contribution in [0.3, 0.4) is 0 Å². The van der Waals surface area contributed by atoms with Crippen LogP contribution < -0.4 is 4.74 Å². The number of para-hydroxylation sites is 2. The van der Waals surface area contributed by atoms with Crippen LogP contribution in [0.25, 0.3) is 39.5 Å². The van der Waals surface area contributed by atoms with Crippen LogP contribution in [0.1, 0.15) is 35.1 Å². The highest BCUT2D eigenvalue weighted by atomic mass is 16.5. The average Bonchev–Trinajstić information content (AvgIpc) is 3.40. The number of pyridine rings is 1. The number of benzene rings is 4. The second kappa shape index (κ2) is 9.72. The Bertz CT molecular complexity index is 2150. The molecule has 0 radical (unpaired) electrons. The fraction of sp³-hybridized carbons (Fsp3) is 0.0750. The number of nitrogens with zero attached hydrogens (tertiary/aromatic N) is 3. The van der Waals surface area contributed by atoms with Crippen molar-refractivity contribution in [3.63, 3.8) is 0 Å². The zero-order chi connectivity index (χ0) is 29.1. The van der Waals surface area contributed by atoms with E-state index in [1.165, 1.54) is 33.4 Å². The molecule has 4 nitrogen and oxygen atoms in total. The molecule has 4 aromatic carbocycles. The first-order valence-corrected chi connectivity index (χ1v) is 15.1. The Hall–Kier alpha value is -5.61. The summed E-state index contributed by atoms with van der Waals surface area (Å²) in [6.45, 7) is 0. The summed E-state index contributed by atoms with van der Waals surface area (Å²) in [6, 6.07) is 44.1. The molecule has 2 aromatic heterocycles. The van der Waals surface area contributed by atoms with Crippen LogP contribution in [0, 0.1) is 0 Å². The van der Waals surface area contributed by atoms with E-state index in [1.54, 1.807) is 0 Å². The quantitative estimate of drug-likeness (QED) is 0.214. The number of fused-ring (bicyclic) bond motifs is 8. The van der Waals surface area contributed by atoms with Crippen molar-refractivity contribution >= 4 is 5.57 Å². The molecule has 0 saturated heterocycles. The van der Waals surface area contributed by atoms with Gasteiger partial charge in [0.25, 0.3) is 0 Å².